The monoisotopic (exact) mass is 248 g/mol. The van der Waals surface area contributed by atoms with Gasteiger partial charge in [-0.3, -0.25) is 4.55 Å². The van der Waals surface area contributed by atoms with Gasteiger partial charge >= 0.3 is 0 Å². The molecule has 0 heterocycles. The van der Waals surface area contributed by atoms with Crippen LogP contribution in [0.4, 0.5) is 0 Å². The molecule has 0 aliphatic carbocycles. The second-order valence-electron chi connectivity index (χ2n) is 2.97. The molecule has 0 bridgehead atoms. The van der Waals surface area contributed by atoms with Crippen LogP contribution in [0.2, 0.25) is 0 Å². The molecule has 0 saturated heterocycles. The second-order valence-corrected chi connectivity index (χ2v) is 4.44. The summed E-state index contributed by atoms with van der Waals surface area (Å²) in [5.41, 5.74) is 0. The summed E-state index contributed by atoms with van der Waals surface area (Å²) in [6.07, 6.45) is 1.40. The Hall–Kier alpha value is -1.11. The van der Waals surface area contributed by atoms with Crippen LogP contribution in [0.1, 0.15) is 6.42 Å². The van der Waals surface area contributed by atoms with E-state index in [1.165, 1.54) is 0 Å². The molecular weight excluding hydrogens is 232 g/mol. The third-order valence-electron chi connectivity index (χ3n) is 1.31. The van der Waals surface area contributed by atoms with Crippen molar-refractivity contribution in [3.05, 3.63) is 30.3 Å². The summed E-state index contributed by atoms with van der Waals surface area (Å²) >= 11 is 0. The number of para-hydroxylation sites is 1. The number of aliphatic hydroxyl groups is 1. The smallest absolute Gasteiger partial charge is 0.261 e. The van der Waals surface area contributed by atoms with Gasteiger partial charge in [0, 0.05) is 13.0 Å². The van der Waals surface area contributed by atoms with Crippen LogP contribution in [-0.2, 0) is 10.1 Å². The Labute approximate surface area is 95.4 Å². The molecule has 0 aromatic heterocycles. The van der Waals surface area contributed by atoms with Gasteiger partial charge in [-0.15, -0.1) is 0 Å². The first-order valence-electron chi connectivity index (χ1n) is 4.64. The number of hydrogen-bond acceptors (Lipinski definition) is 4. The summed E-state index contributed by atoms with van der Waals surface area (Å²) in [5, 5.41) is 8.46. The molecule has 5 nitrogen and oxygen atoms in total. The van der Waals surface area contributed by atoms with E-state index in [4.69, 9.17) is 14.4 Å². The average molecular weight is 248 g/mol. The van der Waals surface area contributed by atoms with Crippen molar-refractivity contribution in [1.29, 1.82) is 0 Å². The van der Waals surface area contributed by atoms with Gasteiger partial charge in [0.15, 0.2) is 0 Å². The molecule has 0 amide bonds. The summed E-state index contributed by atoms with van der Waals surface area (Å²) in [7, 11) is -3.67. The molecule has 0 saturated carbocycles. The van der Waals surface area contributed by atoms with E-state index in [0.717, 1.165) is 5.75 Å². The molecule has 0 unspecified atom stereocenters. The van der Waals surface area contributed by atoms with E-state index in [1.54, 1.807) is 0 Å². The van der Waals surface area contributed by atoms with Crippen molar-refractivity contribution in [2.75, 3.05) is 19.5 Å². The van der Waals surface area contributed by atoms with Crippen LogP contribution in [0.15, 0.2) is 30.3 Å². The minimum atomic E-state index is -3.67. The maximum absolute atomic E-state index is 9.19. The van der Waals surface area contributed by atoms with Crippen LogP contribution >= 0.6 is 0 Å². The highest BCUT2D eigenvalue weighted by Crippen LogP contribution is 2.07. The summed E-state index contributed by atoms with van der Waals surface area (Å²) in [6.45, 7) is 0.771. The van der Waals surface area contributed by atoms with Gasteiger partial charge in [-0.25, -0.2) is 0 Å². The van der Waals surface area contributed by atoms with Crippen molar-refractivity contribution < 1.29 is 22.8 Å². The molecule has 16 heavy (non-hydrogen) atoms. The first-order valence-corrected chi connectivity index (χ1v) is 6.49. The van der Waals surface area contributed by atoms with Crippen molar-refractivity contribution in [3.63, 3.8) is 0 Å². The van der Waals surface area contributed by atoms with Gasteiger partial charge < -0.3 is 9.84 Å². The highest BCUT2D eigenvalue weighted by Gasteiger charge is 1.88. The lowest BCUT2D eigenvalue weighted by Gasteiger charge is -2.02. The molecule has 2 N–H and O–H groups in total. The van der Waals surface area contributed by atoms with E-state index in [-0.39, 0.29) is 6.61 Å². The zero-order valence-electron chi connectivity index (χ0n) is 9.04. The lowest BCUT2D eigenvalue weighted by atomic mass is 10.3. The third kappa shape index (κ3) is 12.9. The molecule has 1 rings (SSSR count). The van der Waals surface area contributed by atoms with E-state index < -0.39 is 10.1 Å². The van der Waals surface area contributed by atoms with Gasteiger partial charge in [-0.2, -0.15) is 8.42 Å². The highest BCUT2D eigenvalue weighted by atomic mass is 32.2. The van der Waals surface area contributed by atoms with Gasteiger partial charge in [-0.1, -0.05) is 18.2 Å². The highest BCUT2D eigenvalue weighted by molar-refractivity contribution is 7.85. The normalized spacial score (nSPS) is 10.2. The van der Waals surface area contributed by atoms with Crippen LogP contribution in [0.3, 0.4) is 0 Å². The molecule has 92 valence electrons. The fraction of sp³-hybridized carbons (Fsp3) is 0.400. The second kappa shape index (κ2) is 8.09. The average Bonchev–Trinajstić information content (AvgIpc) is 2.17. The molecule has 0 spiro atoms. The van der Waals surface area contributed by atoms with E-state index in [2.05, 4.69) is 0 Å². The van der Waals surface area contributed by atoms with Crippen molar-refractivity contribution in [2.45, 2.75) is 6.42 Å². The quantitative estimate of drug-likeness (QED) is 0.612. The molecule has 0 aliphatic heterocycles. The van der Waals surface area contributed by atoms with E-state index >= 15 is 0 Å². The molecule has 0 atom stereocenters. The van der Waals surface area contributed by atoms with Crippen molar-refractivity contribution in [3.8, 4) is 5.75 Å². The zero-order valence-corrected chi connectivity index (χ0v) is 9.85. The molecular formula is C10H16O5S. The Morgan fingerprint density at radius 3 is 2.19 bits per heavy atom. The predicted octanol–water partition coefficient (Wildman–Crippen LogP) is 0.952. The molecule has 1 aromatic rings. The largest absolute Gasteiger partial charge is 0.494 e. The van der Waals surface area contributed by atoms with E-state index in [9.17, 15) is 8.42 Å². The van der Waals surface area contributed by atoms with Crippen molar-refractivity contribution >= 4 is 10.1 Å². The van der Waals surface area contributed by atoms with Gasteiger partial charge in [0.2, 0.25) is 0 Å². The lowest BCUT2D eigenvalue weighted by molar-refractivity contribution is 0.233. The summed E-state index contributed by atoms with van der Waals surface area (Å²) in [5.74, 6) is 0.862. The summed E-state index contributed by atoms with van der Waals surface area (Å²) in [6, 6.07) is 9.59. The fourth-order valence-corrected chi connectivity index (χ4v) is 0.771. The van der Waals surface area contributed by atoms with Crippen LogP contribution in [0.25, 0.3) is 0 Å². The van der Waals surface area contributed by atoms with Gasteiger partial charge in [-0.05, 0) is 12.1 Å². The predicted molar refractivity (Wildman–Crippen MR) is 61.1 cm³/mol. The molecule has 0 radical (unpaired) electrons. The van der Waals surface area contributed by atoms with E-state index in [1.807, 2.05) is 30.3 Å². The van der Waals surface area contributed by atoms with Gasteiger partial charge in [0.05, 0.1) is 12.9 Å². The number of hydrogen-bond donors (Lipinski definition) is 2. The maximum Gasteiger partial charge on any atom is 0.261 e. The Bertz CT molecular complexity index is 352. The minimum absolute atomic E-state index is 0.187. The number of ether oxygens (including phenoxy) is 1. The fourth-order valence-electron chi connectivity index (χ4n) is 0.771. The molecule has 0 aliphatic rings. The summed E-state index contributed by atoms with van der Waals surface area (Å²) in [4.78, 5) is 0. The van der Waals surface area contributed by atoms with Crippen LogP contribution in [0, 0.1) is 0 Å². The zero-order chi connectivity index (χ0) is 12.4. The first kappa shape index (κ1) is 14.9. The van der Waals surface area contributed by atoms with Crippen LogP contribution in [0.5, 0.6) is 5.75 Å². The minimum Gasteiger partial charge on any atom is -0.494 e. The molecule has 6 heteroatoms. The summed E-state index contributed by atoms with van der Waals surface area (Å²) < 4.78 is 31.2. The third-order valence-corrected chi connectivity index (χ3v) is 1.31. The SMILES string of the molecule is CS(=O)(=O)O.OCCCOc1ccccc1. The number of benzene rings is 1. The Morgan fingerprint density at radius 1 is 1.25 bits per heavy atom. The molecule has 1 aromatic carbocycles. The van der Waals surface area contributed by atoms with E-state index in [0.29, 0.717) is 19.3 Å². The Morgan fingerprint density at radius 2 is 1.75 bits per heavy atom. The van der Waals surface area contributed by atoms with Gasteiger partial charge in [0.25, 0.3) is 10.1 Å². The number of rotatable bonds is 4. The first-order chi connectivity index (χ1) is 7.43. The molecule has 0 fully saturated rings. The van der Waals surface area contributed by atoms with Crippen LogP contribution < -0.4 is 4.74 Å². The van der Waals surface area contributed by atoms with Crippen molar-refractivity contribution in [1.82, 2.24) is 0 Å². The lowest BCUT2D eigenvalue weighted by Crippen LogP contribution is -1.98. The Balaban J connectivity index is 0.000000385. The Kier molecular flexibility index (Phi) is 7.53. The van der Waals surface area contributed by atoms with Crippen molar-refractivity contribution in [2.24, 2.45) is 0 Å². The maximum atomic E-state index is 9.19. The topological polar surface area (TPSA) is 83.8 Å². The van der Waals surface area contributed by atoms with Crippen LogP contribution in [-0.4, -0.2) is 37.5 Å². The van der Waals surface area contributed by atoms with Gasteiger partial charge in [0.1, 0.15) is 5.75 Å². The standard InChI is InChI=1S/C9H12O2.CH4O3S/c10-7-4-8-11-9-5-2-1-3-6-9;1-5(2,3)4/h1-3,5-6,10H,4,7-8H2;1H3,(H,2,3,4). The number of aliphatic hydroxyl groups excluding tert-OH is 1.